The molecule has 112 valence electrons. The molecule has 21 heavy (non-hydrogen) atoms. The maximum absolute atomic E-state index is 6.15. The van der Waals surface area contributed by atoms with Crippen molar-refractivity contribution >= 4 is 0 Å². The molecule has 0 amide bonds. The van der Waals surface area contributed by atoms with Crippen molar-refractivity contribution < 1.29 is 9.47 Å². The van der Waals surface area contributed by atoms with Crippen LogP contribution in [0.3, 0.4) is 0 Å². The highest BCUT2D eigenvalue weighted by atomic mass is 16.5. The topological polar surface area (TPSA) is 44.5 Å². The third-order valence-electron chi connectivity index (χ3n) is 3.45. The van der Waals surface area contributed by atoms with E-state index in [4.69, 9.17) is 15.2 Å². The highest BCUT2D eigenvalue weighted by Gasteiger charge is 2.10. The van der Waals surface area contributed by atoms with Crippen LogP contribution in [0.1, 0.15) is 36.9 Å². The van der Waals surface area contributed by atoms with E-state index < -0.39 is 0 Å². The Kier molecular flexibility index (Phi) is 5.64. The molecule has 0 saturated carbocycles. The summed E-state index contributed by atoms with van der Waals surface area (Å²) in [5.41, 5.74) is 8.36. The molecule has 1 atom stereocenters. The van der Waals surface area contributed by atoms with E-state index in [1.165, 1.54) is 0 Å². The molecule has 3 nitrogen and oxygen atoms in total. The summed E-state index contributed by atoms with van der Waals surface area (Å²) in [6.45, 7) is 2.66. The molecule has 0 fully saturated rings. The molecular formula is C18H23NO2. The SMILES string of the molecule is CCC[C@@H](N)c1ccc(OCc2ccccc2)c(OC)c1. The Hall–Kier alpha value is -2.00. The number of methoxy groups -OCH3 is 1. The van der Waals surface area contributed by atoms with E-state index in [-0.39, 0.29) is 6.04 Å². The van der Waals surface area contributed by atoms with Crippen molar-refractivity contribution in [3.05, 3.63) is 59.7 Å². The Balaban J connectivity index is 2.09. The van der Waals surface area contributed by atoms with E-state index >= 15 is 0 Å². The van der Waals surface area contributed by atoms with Gasteiger partial charge in [0.2, 0.25) is 0 Å². The Labute approximate surface area is 126 Å². The predicted octanol–water partition coefficient (Wildman–Crippen LogP) is 4.07. The van der Waals surface area contributed by atoms with Gasteiger partial charge in [-0.2, -0.15) is 0 Å². The fourth-order valence-electron chi connectivity index (χ4n) is 2.25. The number of rotatable bonds is 7. The molecule has 0 aliphatic rings. The Bertz CT molecular complexity index is 554. The number of hydrogen-bond acceptors (Lipinski definition) is 3. The second-order valence-corrected chi connectivity index (χ2v) is 5.08. The van der Waals surface area contributed by atoms with Crippen LogP contribution in [0.25, 0.3) is 0 Å². The minimum atomic E-state index is 0.0482. The van der Waals surface area contributed by atoms with Gasteiger partial charge in [-0.25, -0.2) is 0 Å². The monoisotopic (exact) mass is 285 g/mol. The average Bonchev–Trinajstić information content (AvgIpc) is 2.54. The Morgan fingerprint density at radius 2 is 1.81 bits per heavy atom. The zero-order chi connectivity index (χ0) is 15.1. The molecule has 0 aliphatic carbocycles. The molecular weight excluding hydrogens is 262 g/mol. The fraction of sp³-hybridized carbons (Fsp3) is 0.333. The molecule has 2 rings (SSSR count). The molecule has 2 N–H and O–H groups in total. The molecule has 0 saturated heterocycles. The molecule has 0 aliphatic heterocycles. The average molecular weight is 285 g/mol. The summed E-state index contributed by atoms with van der Waals surface area (Å²) < 4.78 is 11.3. The van der Waals surface area contributed by atoms with Crippen LogP contribution in [-0.2, 0) is 6.61 Å². The quantitative estimate of drug-likeness (QED) is 0.834. The number of nitrogens with two attached hydrogens (primary N) is 1. The maximum atomic E-state index is 6.15. The third kappa shape index (κ3) is 4.23. The van der Waals surface area contributed by atoms with Gasteiger partial charge in [0, 0.05) is 6.04 Å². The summed E-state index contributed by atoms with van der Waals surface area (Å²) >= 11 is 0. The summed E-state index contributed by atoms with van der Waals surface area (Å²) in [5.74, 6) is 1.48. The first-order chi connectivity index (χ1) is 10.2. The van der Waals surface area contributed by atoms with Gasteiger partial charge < -0.3 is 15.2 Å². The summed E-state index contributed by atoms with van der Waals surface area (Å²) in [7, 11) is 1.65. The molecule has 2 aromatic carbocycles. The summed E-state index contributed by atoms with van der Waals surface area (Å²) in [6, 6.07) is 16.1. The van der Waals surface area contributed by atoms with Crippen LogP contribution in [0.4, 0.5) is 0 Å². The van der Waals surface area contributed by atoms with Crippen molar-refractivity contribution in [1.82, 2.24) is 0 Å². The highest BCUT2D eigenvalue weighted by molar-refractivity contribution is 5.44. The van der Waals surface area contributed by atoms with Crippen molar-refractivity contribution in [1.29, 1.82) is 0 Å². The van der Waals surface area contributed by atoms with Crippen molar-refractivity contribution in [2.45, 2.75) is 32.4 Å². The van der Waals surface area contributed by atoms with Crippen LogP contribution in [-0.4, -0.2) is 7.11 Å². The lowest BCUT2D eigenvalue weighted by atomic mass is 10.0. The molecule has 0 spiro atoms. The second kappa shape index (κ2) is 7.70. The first kappa shape index (κ1) is 15.4. The van der Waals surface area contributed by atoms with Crippen molar-refractivity contribution in [2.75, 3.05) is 7.11 Å². The van der Waals surface area contributed by atoms with Crippen molar-refractivity contribution in [2.24, 2.45) is 5.73 Å². The summed E-state index contributed by atoms with van der Waals surface area (Å²) in [4.78, 5) is 0. The maximum Gasteiger partial charge on any atom is 0.161 e. The van der Waals surface area contributed by atoms with Gasteiger partial charge >= 0.3 is 0 Å². The highest BCUT2D eigenvalue weighted by Crippen LogP contribution is 2.31. The summed E-state index contributed by atoms with van der Waals surface area (Å²) in [6.07, 6.45) is 2.03. The van der Waals surface area contributed by atoms with E-state index in [9.17, 15) is 0 Å². The van der Waals surface area contributed by atoms with Gasteiger partial charge in [0.15, 0.2) is 11.5 Å². The lowest BCUT2D eigenvalue weighted by Crippen LogP contribution is -2.10. The standard InChI is InChI=1S/C18H23NO2/c1-3-7-16(19)15-10-11-17(18(12-15)20-2)21-13-14-8-5-4-6-9-14/h4-6,8-12,16H,3,7,13,19H2,1-2H3/t16-/m1/s1. The van der Waals surface area contributed by atoms with Crippen molar-refractivity contribution in [3.8, 4) is 11.5 Å². The van der Waals surface area contributed by atoms with E-state index in [2.05, 4.69) is 6.92 Å². The lowest BCUT2D eigenvalue weighted by molar-refractivity contribution is 0.284. The molecule has 0 bridgehead atoms. The zero-order valence-electron chi connectivity index (χ0n) is 12.7. The summed E-state index contributed by atoms with van der Waals surface area (Å²) in [5, 5.41) is 0. The molecule has 0 unspecified atom stereocenters. The lowest BCUT2D eigenvalue weighted by Gasteiger charge is -2.15. The van der Waals surface area contributed by atoms with Gasteiger partial charge in [0.05, 0.1) is 7.11 Å². The molecule has 2 aromatic rings. The predicted molar refractivity (Wildman–Crippen MR) is 85.6 cm³/mol. The van der Waals surface area contributed by atoms with Gasteiger partial charge in [0.25, 0.3) is 0 Å². The van der Waals surface area contributed by atoms with Gasteiger partial charge in [-0.15, -0.1) is 0 Å². The zero-order valence-corrected chi connectivity index (χ0v) is 12.7. The van der Waals surface area contributed by atoms with Crippen LogP contribution >= 0.6 is 0 Å². The van der Waals surface area contributed by atoms with E-state index in [0.29, 0.717) is 6.61 Å². The first-order valence-corrected chi connectivity index (χ1v) is 7.34. The van der Waals surface area contributed by atoms with E-state index in [1.807, 2.05) is 48.5 Å². The molecule has 0 radical (unpaired) electrons. The van der Waals surface area contributed by atoms with Gasteiger partial charge in [0.1, 0.15) is 6.61 Å². The normalized spacial score (nSPS) is 12.0. The van der Waals surface area contributed by atoms with Crippen LogP contribution in [0.5, 0.6) is 11.5 Å². The Morgan fingerprint density at radius 3 is 2.48 bits per heavy atom. The van der Waals surface area contributed by atoms with Crippen molar-refractivity contribution in [3.63, 3.8) is 0 Å². The van der Waals surface area contributed by atoms with Crippen LogP contribution in [0, 0.1) is 0 Å². The number of hydrogen-bond donors (Lipinski definition) is 1. The number of ether oxygens (including phenoxy) is 2. The molecule has 0 aromatic heterocycles. The minimum Gasteiger partial charge on any atom is -0.493 e. The third-order valence-corrected chi connectivity index (χ3v) is 3.45. The Morgan fingerprint density at radius 1 is 1.05 bits per heavy atom. The molecule has 0 heterocycles. The largest absolute Gasteiger partial charge is 0.493 e. The van der Waals surface area contributed by atoms with Gasteiger partial charge in [-0.1, -0.05) is 49.7 Å². The smallest absolute Gasteiger partial charge is 0.161 e. The van der Waals surface area contributed by atoms with Crippen LogP contribution < -0.4 is 15.2 Å². The van der Waals surface area contributed by atoms with Crippen LogP contribution in [0.15, 0.2) is 48.5 Å². The molecule has 3 heteroatoms. The fourth-order valence-corrected chi connectivity index (χ4v) is 2.25. The van der Waals surface area contributed by atoms with E-state index in [1.54, 1.807) is 7.11 Å². The number of benzene rings is 2. The van der Waals surface area contributed by atoms with Gasteiger partial charge in [-0.05, 0) is 29.7 Å². The van der Waals surface area contributed by atoms with Crippen LogP contribution in [0.2, 0.25) is 0 Å². The first-order valence-electron chi connectivity index (χ1n) is 7.34. The minimum absolute atomic E-state index is 0.0482. The second-order valence-electron chi connectivity index (χ2n) is 5.08. The van der Waals surface area contributed by atoms with E-state index in [0.717, 1.165) is 35.5 Å². The van der Waals surface area contributed by atoms with Gasteiger partial charge in [-0.3, -0.25) is 0 Å².